The average Bonchev–Trinajstić information content (AvgIpc) is 2.22. The number of halogens is 1. The summed E-state index contributed by atoms with van der Waals surface area (Å²) in [5.41, 5.74) is 0.811. The number of phenols is 1. The molecule has 2 N–H and O–H groups in total. The van der Waals surface area contributed by atoms with Crippen molar-refractivity contribution in [2.45, 2.75) is 12.7 Å². The highest BCUT2D eigenvalue weighted by Gasteiger charge is 2.29. The van der Waals surface area contributed by atoms with E-state index in [0.29, 0.717) is 6.54 Å². The van der Waals surface area contributed by atoms with Crippen molar-refractivity contribution in [3.05, 3.63) is 29.8 Å². The van der Waals surface area contributed by atoms with Gasteiger partial charge in [0.1, 0.15) is 11.9 Å². The van der Waals surface area contributed by atoms with E-state index in [1.165, 1.54) is 4.90 Å². The van der Waals surface area contributed by atoms with Gasteiger partial charge in [0, 0.05) is 6.54 Å². The van der Waals surface area contributed by atoms with Gasteiger partial charge in [-0.1, -0.05) is 12.1 Å². The second kappa shape index (κ2) is 4.38. The average molecular weight is 224 g/mol. The maximum Gasteiger partial charge on any atom is 0.317 e. The number of amides is 2. The molecular weight excluding hydrogens is 211 g/mol. The first-order chi connectivity index (χ1) is 7.65. The molecule has 16 heavy (non-hydrogen) atoms. The highest BCUT2D eigenvalue weighted by Crippen LogP contribution is 2.12. The fourth-order valence-corrected chi connectivity index (χ4v) is 1.55. The largest absolute Gasteiger partial charge is 0.508 e. The number of nitrogens with one attached hydrogen (secondary N) is 1. The van der Waals surface area contributed by atoms with Gasteiger partial charge in [-0.2, -0.15) is 0 Å². The van der Waals surface area contributed by atoms with Crippen molar-refractivity contribution in [3.8, 4) is 5.75 Å². The van der Waals surface area contributed by atoms with Crippen molar-refractivity contribution in [2.75, 3.05) is 13.1 Å². The van der Waals surface area contributed by atoms with Crippen LogP contribution in [0.1, 0.15) is 5.56 Å². The van der Waals surface area contributed by atoms with Gasteiger partial charge in [-0.3, -0.25) is 0 Å². The third-order valence-corrected chi connectivity index (χ3v) is 2.48. The molecule has 0 saturated carbocycles. The number of alkyl halides is 1. The molecule has 0 spiro atoms. The predicted octanol–water partition coefficient (Wildman–Crippen LogP) is 1.26. The van der Waals surface area contributed by atoms with Crippen molar-refractivity contribution in [3.63, 3.8) is 0 Å². The molecule has 0 aromatic heterocycles. The summed E-state index contributed by atoms with van der Waals surface area (Å²) in [6, 6.07) is 6.38. The van der Waals surface area contributed by atoms with Crippen LogP contribution in [0.5, 0.6) is 5.75 Å². The maximum atomic E-state index is 12.5. The summed E-state index contributed by atoms with van der Waals surface area (Å²) in [4.78, 5) is 12.8. The molecular formula is C11H13FN2O2. The maximum absolute atomic E-state index is 12.5. The molecule has 0 atom stereocenters. The van der Waals surface area contributed by atoms with Crippen LogP contribution in [0, 0.1) is 0 Å². The topological polar surface area (TPSA) is 52.6 Å². The zero-order valence-electron chi connectivity index (χ0n) is 8.69. The molecule has 0 unspecified atom stereocenters. The molecule has 1 aliphatic rings. The third kappa shape index (κ3) is 2.42. The van der Waals surface area contributed by atoms with E-state index in [2.05, 4.69) is 5.32 Å². The van der Waals surface area contributed by atoms with Gasteiger partial charge in [-0.05, 0) is 17.7 Å². The monoisotopic (exact) mass is 224 g/mol. The van der Waals surface area contributed by atoms with Gasteiger partial charge in [-0.25, -0.2) is 9.18 Å². The summed E-state index contributed by atoms with van der Waals surface area (Å²) < 4.78 is 12.5. The SMILES string of the molecule is O=C(NCc1cccc(O)c1)N1CC(F)C1. The number of carbonyl (C=O) groups excluding carboxylic acids is 1. The summed E-state index contributed by atoms with van der Waals surface area (Å²) in [7, 11) is 0. The van der Waals surface area contributed by atoms with Gasteiger partial charge in [-0.15, -0.1) is 0 Å². The van der Waals surface area contributed by atoms with Crippen LogP contribution in [0.4, 0.5) is 9.18 Å². The van der Waals surface area contributed by atoms with E-state index in [1.54, 1.807) is 24.3 Å². The molecule has 86 valence electrons. The summed E-state index contributed by atoms with van der Waals surface area (Å²) in [6.07, 6.45) is -0.883. The lowest BCUT2D eigenvalue weighted by Crippen LogP contribution is -2.54. The molecule has 1 heterocycles. The minimum Gasteiger partial charge on any atom is -0.508 e. The van der Waals surface area contributed by atoms with Crippen LogP contribution in [0.15, 0.2) is 24.3 Å². The van der Waals surface area contributed by atoms with Gasteiger partial charge < -0.3 is 15.3 Å². The van der Waals surface area contributed by atoms with E-state index in [0.717, 1.165) is 5.56 Å². The fourth-order valence-electron chi connectivity index (χ4n) is 1.55. The molecule has 0 bridgehead atoms. The Morgan fingerprint density at radius 3 is 2.94 bits per heavy atom. The molecule has 2 amide bonds. The zero-order valence-corrected chi connectivity index (χ0v) is 8.69. The van der Waals surface area contributed by atoms with Crippen molar-refractivity contribution in [1.82, 2.24) is 10.2 Å². The number of hydrogen-bond acceptors (Lipinski definition) is 2. The lowest BCUT2D eigenvalue weighted by molar-refractivity contribution is 0.0897. The Labute approximate surface area is 92.7 Å². The fraction of sp³-hybridized carbons (Fsp3) is 0.364. The molecule has 0 aliphatic carbocycles. The number of benzene rings is 1. The Balaban J connectivity index is 1.81. The van der Waals surface area contributed by atoms with Crippen LogP contribution in [0.3, 0.4) is 0 Å². The van der Waals surface area contributed by atoms with Gasteiger partial charge >= 0.3 is 6.03 Å². The predicted molar refractivity (Wildman–Crippen MR) is 56.8 cm³/mol. The highest BCUT2D eigenvalue weighted by molar-refractivity contribution is 5.75. The van der Waals surface area contributed by atoms with Crippen molar-refractivity contribution >= 4 is 6.03 Å². The summed E-state index contributed by atoms with van der Waals surface area (Å²) in [5, 5.41) is 11.9. The van der Waals surface area contributed by atoms with E-state index in [1.807, 2.05) is 0 Å². The molecule has 0 radical (unpaired) electrons. The Morgan fingerprint density at radius 2 is 2.31 bits per heavy atom. The van der Waals surface area contributed by atoms with Crippen molar-refractivity contribution < 1.29 is 14.3 Å². The Hall–Kier alpha value is -1.78. The number of nitrogens with zero attached hydrogens (tertiary/aromatic N) is 1. The van der Waals surface area contributed by atoms with Gasteiger partial charge in [0.15, 0.2) is 0 Å². The van der Waals surface area contributed by atoms with Gasteiger partial charge in [0.2, 0.25) is 0 Å². The van der Waals surface area contributed by atoms with Gasteiger partial charge in [0.25, 0.3) is 0 Å². The van der Waals surface area contributed by atoms with E-state index >= 15 is 0 Å². The first-order valence-electron chi connectivity index (χ1n) is 5.10. The zero-order chi connectivity index (χ0) is 11.5. The first-order valence-corrected chi connectivity index (χ1v) is 5.10. The molecule has 1 aromatic carbocycles. The Bertz CT molecular complexity index is 391. The van der Waals surface area contributed by atoms with Crippen LogP contribution in [-0.2, 0) is 6.54 Å². The molecule has 2 rings (SSSR count). The van der Waals surface area contributed by atoms with Crippen molar-refractivity contribution in [2.24, 2.45) is 0 Å². The van der Waals surface area contributed by atoms with E-state index < -0.39 is 6.17 Å². The number of likely N-dealkylation sites (tertiary alicyclic amines) is 1. The smallest absolute Gasteiger partial charge is 0.317 e. The quantitative estimate of drug-likeness (QED) is 0.794. The highest BCUT2D eigenvalue weighted by atomic mass is 19.1. The van der Waals surface area contributed by atoms with E-state index in [-0.39, 0.29) is 24.9 Å². The van der Waals surface area contributed by atoms with Crippen molar-refractivity contribution in [1.29, 1.82) is 0 Å². The first kappa shape index (κ1) is 10.7. The van der Waals surface area contributed by atoms with Crippen LogP contribution in [0.25, 0.3) is 0 Å². The molecule has 5 heteroatoms. The second-order valence-corrected chi connectivity index (χ2v) is 3.83. The van der Waals surface area contributed by atoms with Gasteiger partial charge in [0.05, 0.1) is 13.1 Å². The molecule has 1 fully saturated rings. The number of carbonyl (C=O) groups is 1. The van der Waals surface area contributed by atoms with Crippen LogP contribution < -0.4 is 5.32 Å². The normalized spacial score (nSPS) is 15.7. The number of rotatable bonds is 2. The lowest BCUT2D eigenvalue weighted by atomic mass is 10.2. The molecule has 1 aliphatic heterocycles. The Morgan fingerprint density at radius 1 is 1.56 bits per heavy atom. The summed E-state index contributed by atoms with van der Waals surface area (Å²) >= 11 is 0. The summed E-state index contributed by atoms with van der Waals surface area (Å²) in [5.74, 6) is 0.166. The number of aromatic hydroxyl groups is 1. The van der Waals surface area contributed by atoms with E-state index in [4.69, 9.17) is 0 Å². The van der Waals surface area contributed by atoms with Crippen LogP contribution in [0.2, 0.25) is 0 Å². The minimum atomic E-state index is -0.883. The minimum absolute atomic E-state index is 0.166. The van der Waals surface area contributed by atoms with E-state index in [9.17, 15) is 14.3 Å². The standard InChI is InChI=1S/C11H13FN2O2/c12-9-6-14(7-9)11(16)13-5-8-2-1-3-10(15)4-8/h1-4,9,15H,5-7H2,(H,13,16). The molecule has 4 nitrogen and oxygen atoms in total. The molecule has 1 aromatic rings. The molecule has 1 saturated heterocycles. The lowest BCUT2D eigenvalue weighted by Gasteiger charge is -2.34. The van der Waals surface area contributed by atoms with Crippen LogP contribution >= 0.6 is 0 Å². The second-order valence-electron chi connectivity index (χ2n) is 3.83. The number of hydrogen-bond donors (Lipinski definition) is 2. The third-order valence-electron chi connectivity index (χ3n) is 2.48. The van der Waals surface area contributed by atoms with Crippen LogP contribution in [-0.4, -0.2) is 35.3 Å². The summed E-state index contributed by atoms with van der Waals surface area (Å²) in [6.45, 7) is 0.679. The number of phenolic OH excluding ortho intramolecular Hbond substituents is 1. The number of urea groups is 1. The Kier molecular flexibility index (Phi) is 2.94.